The first kappa shape index (κ1) is 16.2. The molecule has 2 rings (SSSR count). The first-order valence-electron chi connectivity index (χ1n) is 6.28. The average molecular weight is 333 g/mol. The van der Waals surface area contributed by atoms with Crippen LogP contribution in [0.3, 0.4) is 0 Å². The number of benzene rings is 2. The van der Waals surface area contributed by atoms with Gasteiger partial charge in [-0.1, -0.05) is 29.8 Å². The van der Waals surface area contributed by atoms with Crippen LogP contribution in [0.25, 0.3) is 0 Å². The van der Waals surface area contributed by atoms with Gasteiger partial charge in [0, 0.05) is 5.02 Å². The van der Waals surface area contributed by atoms with Gasteiger partial charge in [0.1, 0.15) is 0 Å². The van der Waals surface area contributed by atoms with Gasteiger partial charge in [0.05, 0.1) is 10.9 Å². The highest BCUT2D eigenvalue weighted by atomic mass is 35.5. The Morgan fingerprint density at radius 2 is 1.52 bits per heavy atom. The van der Waals surface area contributed by atoms with Gasteiger partial charge in [0.25, 0.3) is 0 Å². The van der Waals surface area contributed by atoms with Crippen molar-refractivity contribution >= 4 is 23.2 Å². The van der Waals surface area contributed by atoms with Gasteiger partial charge in [-0.25, -0.2) is 0 Å². The second-order valence-corrected chi connectivity index (χ2v) is 5.78. The van der Waals surface area contributed by atoms with E-state index in [0.717, 1.165) is 28.8 Å². The highest BCUT2D eigenvalue weighted by Crippen LogP contribution is 2.35. The van der Waals surface area contributed by atoms with Crippen LogP contribution in [0.4, 0.5) is 13.2 Å². The zero-order valence-corrected chi connectivity index (χ0v) is 12.9. The molecule has 0 nitrogen and oxygen atoms in total. The van der Waals surface area contributed by atoms with E-state index in [1.165, 1.54) is 12.1 Å². The first-order valence-corrected chi connectivity index (χ1v) is 7.09. The number of rotatable bonds is 2. The van der Waals surface area contributed by atoms with Gasteiger partial charge in [-0.15, -0.1) is 11.6 Å². The van der Waals surface area contributed by atoms with Crippen molar-refractivity contribution in [3.63, 3.8) is 0 Å². The summed E-state index contributed by atoms with van der Waals surface area (Å²) in [5, 5.41) is 0.135. The zero-order chi connectivity index (χ0) is 15.8. The van der Waals surface area contributed by atoms with Gasteiger partial charge in [0.2, 0.25) is 0 Å². The molecule has 0 N–H and O–H groups in total. The third-order valence-corrected chi connectivity index (χ3v) is 4.25. The molecule has 21 heavy (non-hydrogen) atoms. The van der Waals surface area contributed by atoms with Crippen LogP contribution in [0.2, 0.25) is 5.02 Å². The molecule has 0 spiro atoms. The van der Waals surface area contributed by atoms with E-state index in [2.05, 4.69) is 0 Å². The molecule has 0 aromatic heterocycles. The van der Waals surface area contributed by atoms with Crippen LogP contribution in [0.5, 0.6) is 0 Å². The fraction of sp³-hybridized carbons (Fsp3) is 0.250. The maximum Gasteiger partial charge on any atom is 0.416 e. The minimum atomic E-state index is -4.34. The Kier molecular flexibility index (Phi) is 4.54. The molecule has 0 aliphatic carbocycles. The van der Waals surface area contributed by atoms with Crippen molar-refractivity contribution in [2.45, 2.75) is 25.4 Å². The van der Waals surface area contributed by atoms with Crippen molar-refractivity contribution in [2.75, 3.05) is 0 Å². The number of halogens is 5. The minimum Gasteiger partial charge on any atom is -0.166 e. The van der Waals surface area contributed by atoms with E-state index < -0.39 is 17.1 Å². The Bertz CT molecular complexity index is 646. The minimum absolute atomic E-state index is 0.511. The third-order valence-electron chi connectivity index (χ3n) is 3.35. The van der Waals surface area contributed by atoms with Gasteiger partial charge in [0.15, 0.2) is 0 Å². The summed E-state index contributed by atoms with van der Waals surface area (Å²) in [5.41, 5.74) is 2.58. The smallest absolute Gasteiger partial charge is 0.166 e. The van der Waals surface area contributed by atoms with Gasteiger partial charge >= 0.3 is 6.18 Å². The van der Waals surface area contributed by atoms with Crippen LogP contribution < -0.4 is 0 Å². The standard InChI is InChI=1S/C16H13Cl2F3/c1-9-8-14(17)10(2)7-13(9)15(18)11-3-5-12(6-4-11)16(19,20)21/h3-8,15H,1-2H3. The quantitative estimate of drug-likeness (QED) is 0.566. The second kappa shape index (κ2) is 5.90. The molecular weight excluding hydrogens is 320 g/mol. The maximum atomic E-state index is 12.6. The Balaban J connectivity index is 2.36. The molecule has 0 aliphatic heterocycles. The molecule has 0 amide bonds. The van der Waals surface area contributed by atoms with Crippen LogP contribution >= 0.6 is 23.2 Å². The van der Waals surface area contributed by atoms with E-state index in [1.54, 1.807) is 0 Å². The molecule has 0 fully saturated rings. The fourth-order valence-electron chi connectivity index (χ4n) is 2.10. The van der Waals surface area contributed by atoms with E-state index in [0.29, 0.717) is 10.6 Å². The molecule has 0 aliphatic rings. The van der Waals surface area contributed by atoms with Crippen LogP contribution in [0.15, 0.2) is 36.4 Å². The molecule has 1 unspecified atom stereocenters. The lowest BCUT2D eigenvalue weighted by Crippen LogP contribution is -2.05. The summed E-state index contributed by atoms with van der Waals surface area (Å²) in [5.74, 6) is 0. The lowest BCUT2D eigenvalue weighted by molar-refractivity contribution is -0.137. The maximum absolute atomic E-state index is 12.6. The summed E-state index contributed by atoms with van der Waals surface area (Å²) in [6.07, 6.45) is -4.34. The van der Waals surface area contributed by atoms with E-state index in [4.69, 9.17) is 23.2 Å². The highest BCUT2D eigenvalue weighted by Gasteiger charge is 2.30. The third kappa shape index (κ3) is 3.53. The summed E-state index contributed by atoms with van der Waals surface area (Å²) >= 11 is 12.4. The molecule has 5 heteroatoms. The fourth-order valence-corrected chi connectivity index (χ4v) is 2.70. The Hall–Kier alpha value is -1.19. The van der Waals surface area contributed by atoms with E-state index >= 15 is 0 Å². The van der Waals surface area contributed by atoms with Gasteiger partial charge in [-0.3, -0.25) is 0 Å². The monoisotopic (exact) mass is 332 g/mol. The van der Waals surface area contributed by atoms with Crippen molar-refractivity contribution < 1.29 is 13.2 Å². The lowest BCUT2D eigenvalue weighted by atomic mass is 9.97. The molecule has 112 valence electrons. The summed E-state index contributed by atoms with van der Waals surface area (Å²) in [6.45, 7) is 3.74. The van der Waals surface area contributed by atoms with Crippen molar-refractivity contribution in [3.05, 3.63) is 69.2 Å². The van der Waals surface area contributed by atoms with E-state index in [-0.39, 0.29) is 0 Å². The van der Waals surface area contributed by atoms with E-state index in [1.807, 2.05) is 26.0 Å². The number of alkyl halides is 4. The van der Waals surface area contributed by atoms with Gasteiger partial charge in [-0.2, -0.15) is 13.2 Å². The molecule has 0 saturated carbocycles. The van der Waals surface area contributed by atoms with Crippen molar-refractivity contribution in [1.29, 1.82) is 0 Å². The average Bonchev–Trinajstić information content (AvgIpc) is 2.41. The van der Waals surface area contributed by atoms with Gasteiger partial charge < -0.3 is 0 Å². The van der Waals surface area contributed by atoms with Crippen LogP contribution in [-0.2, 0) is 6.18 Å². The van der Waals surface area contributed by atoms with Crippen LogP contribution in [0, 0.1) is 13.8 Å². The lowest BCUT2D eigenvalue weighted by Gasteiger charge is -2.16. The number of hydrogen-bond donors (Lipinski definition) is 0. The molecular formula is C16H13Cl2F3. The highest BCUT2D eigenvalue weighted by molar-refractivity contribution is 6.31. The molecule has 0 radical (unpaired) electrons. The summed E-state index contributed by atoms with van der Waals surface area (Å²) < 4.78 is 37.7. The van der Waals surface area contributed by atoms with Gasteiger partial charge in [-0.05, 0) is 54.3 Å². The normalized spacial score (nSPS) is 13.3. The number of aryl methyl sites for hydroxylation is 2. The number of hydrogen-bond acceptors (Lipinski definition) is 0. The Morgan fingerprint density at radius 3 is 2.05 bits per heavy atom. The van der Waals surface area contributed by atoms with E-state index in [9.17, 15) is 13.2 Å². The van der Waals surface area contributed by atoms with Crippen LogP contribution in [0.1, 0.15) is 33.2 Å². The summed E-state index contributed by atoms with van der Waals surface area (Å²) in [7, 11) is 0. The molecule has 0 heterocycles. The Morgan fingerprint density at radius 1 is 0.952 bits per heavy atom. The second-order valence-electron chi connectivity index (χ2n) is 4.94. The molecule has 2 aromatic carbocycles. The molecule has 1 atom stereocenters. The summed E-state index contributed by atoms with van der Waals surface area (Å²) in [4.78, 5) is 0. The predicted octanol–water partition coefficient (Wildman–Crippen LogP) is 6.30. The summed E-state index contributed by atoms with van der Waals surface area (Å²) in [6, 6.07) is 8.58. The molecule has 0 saturated heterocycles. The first-order chi connectivity index (χ1) is 9.70. The Labute approximate surface area is 131 Å². The SMILES string of the molecule is Cc1cc(C(Cl)c2ccc(C(F)(F)F)cc2)c(C)cc1Cl. The zero-order valence-electron chi connectivity index (χ0n) is 11.4. The predicted molar refractivity (Wildman–Crippen MR) is 80.1 cm³/mol. The molecule has 0 bridgehead atoms. The molecule has 2 aromatic rings. The van der Waals surface area contributed by atoms with Crippen molar-refractivity contribution in [3.8, 4) is 0 Å². The van der Waals surface area contributed by atoms with Crippen molar-refractivity contribution in [1.82, 2.24) is 0 Å². The largest absolute Gasteiger partial charge is 0.416 e. The topological polar surface area (TPSA) is 0 Å². The van der Waals surface area contributed by atoms with Crippen LogP contribution in [-0.4, -0.2) is 0 Å². The van der Waals surface area contributed by atoms with Crippen molar-refractivity contribution in [2.24, 2.45) is 0 Å².